The van der Waals surface area contributed by atoms with E-state index in [2.05, 4.69) is 46.0 Å². The summed E-state index contributed by atoms with van der Waals surface area (Å²) in [6.07, 6.45) is 6.01. The van der Waals surface area contributed by atoms with Crippen molar-refractivity contribution in [2.24, 2.45) is 0 Å². The Morgan fingerprint density at radius 3 is 2.39 bits per heavy atom. The van der Waals surface area contributed by atoms with Crippen LogP contribution in [0.3, 0.4) is 0 Å². The SMILES string of the molecule is Cc1ncc(CN(C)CCCc2c(C)n[nH]c2C)cn1.O=CO. The van der Waals surface area contributed by atoms with Crippen molar-refractivity contribution < 1.29 is 9.90 Å². The normalized spacial score (nSPS) is 10.3. The molecule has 0 aromatic carbocycles. The van der Waals surface area contributed by atoms with Crippen LogP contribution in [-0.4, -0.2) is 50.2 Å². The minimum atomic E-state index is -0.250. The minimum Gasteiger partial charge on any atom is -0.483 e. The third-order valence-corrected chi connectivity index (χ3v) is 3.53. The van der Waals surface area contributed by atoms with Gasteiger partial charge in [0.1, 0.15) is 5.82 Å². The highest BCUT2D eigenvalue weighted by Crippen LogP contribution is 2.12. The summed E-state index contributed by atoms with van der Waals surface area (Å²) >= 11 is 0. The van der Waals surface area contributed by atoms with Gasteiger partial charge >= 0.3 is 0 Å². The van der Waals surface area contributed by atoms with Gasteiger partial charge in [-0.05, 0) is 52.8 Å². The fraction of sp³-hybridized carbons (Fsp3) is 0.500. The number of H-pyrrole nitrogens is 1. The summed E-state index contributed by atoms with van der Waals surface area (Å²) in [6, 6.07) is 0. The molecule has 2 N–H and O–H groups in total. The molecule has 2 aromatic heterocycles. The molecular weight excluding hydrogens is 294 g/mol. The van der Waals surface area contributed by atoms with E-state index in [1.807, 2.05) is 19.3 Å². The number of aromatic amines is 1. The van der Waals surface area contributed by atoms with Crippen LogP contribution in [-0.2, 0) is 17.8 Å². The fourth-order valence-corrected chi connectivity index (χ4v) is 2.36. The highest BCUT2D eigenvalue weighted by Gasteiger charge is 2.07. The largest absolute Gasteiger partial charge is 0.483 e. The number of nitrogens with one attached hydrogen (secondary N) is 1. The fourth-order valence-electron chi connectivity index (χ4n) is 2.36. The standard InChI is InChI=1S/C15H23N5.CH2O2/c1-11-15(12(2)19-18-11)6-5-7-20(4)10-14-8-16-13(3)17-9-14;2-1-3/h8-9H,5-7,10H2,1-4H3,(H,18,19);1H,(H,2,3). The number of rotatable bonds is 6. The Hall–Kier alpha value is -2.28. The summed E-state index contributed by atoms with van der Waals surface area (Å²) in [5.74, 6) is 0.822. The summed E-state index contributed by atoms with van der Waals surface area (Å²) in [7, 11) is 2.13. The first kappa shape index (κ1) is 18.8. The zero-order chi connectivity index (χ0) is 17.2. The molecule has 0 fully saturated rings. The van der Waals surface area contributed by atoms with Gasteiger partial charge in [0.05, 0.1) is 5.69 Å². The van der Waals surface area contributed by atoms with Crippen LogP contribution in [0.5, 0.6) is 0 Å². The van der Waals surface area contributed by atoms with E-state index in [1.54, 1.807) is 0 Å². The van der Waals surface area contributed by atoms with Crippen molar-refractivity contribution in [2.75, 3.05) is 13.6 Å². The Labute approximate surface area is 136 Å². The van der Waals surface area contributed by atoms with Gasteiger partial charge in [0.25, 0.3) is 6.47 Å². The quantitative estimate of drug-likeness (QED) is 0.790. The van der Waals surface area contributed by atoms with E-state index < -0.39 is 0 Å². The average Bonchev–Trinajstić information content (AvgIpc) is 2.82. The Bertz CT molecular complexity index is 576. The van der Waals surface area contributed by atoms with Crippen molar-refractivity contribution in [3.8, 4) is 0 Å². The number of carbonyl (C=O) groups is 1. The predicted molar refractivity (Wildman–Crippen MR) is 88.2 cm³/mol. The van der Waals surface area contributed by atoms with Crippen molar-refractivity contribution in [3.63, 3.8) is 0 Å². The van der Waals surface area contributed by atoms with Crippen molar-refractivity contribution in [3.05, 3.63) is 40.7 Å². The molecule has 0 atom stereocenters. The molecule has 0 aliphatic carbocycles. The molecule has 0 saturated heterocycles. The molecule has 126 valence electrons. The lowest BCUT2D eigenvalue weighted by atomic mass is 10.1. The van der Waals surface area contributed by atoms with Crippen LogP contribution in [0.25, 0.3) is 0 Å². The smallest absolute Gasteiger partial charge is 0.290 e. The molecule has 23 heavy (non-hydrogen) atoms. The lowest BCUT2D eigenvalue weighted by Gasteiger charge is -2.16. The van der Waals surface area contributed by atoms with Gasteiger partial charge in [0, 0.05) is 30.2 Å². The minimum absolute atomic E-state index is 0.250. The Kier molecular flexibility index (Phi) is 7.90. The summed E-state index contributed by atoms with van der Waals surface area (Å²) in [5, 5.41) is 14.2. The first-order valence-electron chi connectivity index (χ1n) is 7.52. The summed E-state index contributed by atoms with van der Waals surface area (Å²) < 4.78 is 0. The molecule has 0 radical (unpaired) electrons. The second-order valence-electron chi connectivity index (χ2n) is 5.50. The zero-order valence-electron chi connectivity index (χ0n) is 14.2. The van der Waals surface area contributed by atoms with E-state index >= 15 is 0 Å². The number of nitrogens with zero attached hydrogens (tertiary/aromatic N) is 4. The van der Waals surface area contributed by atoms with Crippen LogP contribution >= 0.6 is 0 Å². The van der Waals surface area contributed by atoms with E-state index in [-0.39, 0.29) is 6.47 Å². The predicted octanol–water partition coefficient (Wildman–Crippen LogP) is 1.89. The summed E-state index contributed by atoms with van der Waals surface area (Å²) in [5.41, 5.74) is 4.83. The van der Waals surface area contributed by atoms with Gasteiger partial charge in [-0.25, -0.2) is 9.97 Å². The van der Waals surface area contributed by atoms with Crippen molar-refractivity contribution in [2.45, 2.75) is 40.2 Å². The van der Waals surface area contributed by atoms with Crippen molar-refractivity contribution in [1.29, 1.82) is 0 Å². The van der Waals surface area contributed by atoms with E-state index in [4.69, 9.17) is 9.90 Å². The van der Waals surface area contributed by atoms with Crippen LogP contribution in [0.1, 0.15) is 34.8 Å². The lowest BCUT2D eigenvalue weighted by Crippen LogP contribution is -2.20. The van der Waals surface area contributed by atoms with Crippen molar-refractivity contribution >= 4 is 6.47 Å². The number of carboxylic acid groups (broad SMARTS) is 1. The highest BCUT2D eigenvalue weighted by molar-refractivity contribution is 5.32. The molecule has 0 bridgehead atoms. The molecule has 7 heteroatoms. The van der Waals surface area contributed by atoms with E-state index in [0.29, 0.717) is 0 Å². The first-order valence-corrected chi connectivity index (χ1v) is 7.52. The molecular formula is C16H25N5O2. The van der Waals surface area contributed by atoms with Gasteiger partial charge in [0.15, 0.2) is 0 Å². The first-order chi connectivity index (χ1) is 11.0. The highest BCUT2D eigenvalue weighted by atomic mass is 16.3. The molecule has 2 aromatic rings. The Balaban J connectivity index is 0.000000816. The molecule has 2 rings (SSSR count). The number of aryl methyl sites for hydroxylation is 3. The third kappa shape index (κ3) is 6.56. The monoisotopic (exact) mass is 319 g/mol. The molecule has 0 aliphatic rings. The summed E-state index contributed by atoms with van der Waals surface area (Å²) in [6.45, 7) is 7.75. The molecule has 0 aliphatic heterocycles. The van der Waals surface area contributed by atoms with Gasteiger partial charge in [-0.3, -0.25) is 9.89 Å². The number of hydrogen-bond donors (Lipinski definition) is 2. The van der Waals surface area contributed by atoms with Crippen LogP contribution in [0.4, 0.5) is 0 Å². The van der Waals surface area contributed by atoms with Gasteiger partial charge in [-0.2, -0.15) is 5.10 Å². The molecule has 0 spiro atoms. The third-order valence-electron chi connectivity index (χ3n) is 3.53. The van der Waals surface area contributed by atoms with Crippen LogP contribution in [0, 0.1) is 20.8 Å². The maximum Gasteiger partial charge on any atom is 0.290 e. The topological polar surface area (TPSA) is 95.0 Å². The van der Waals surface area contributed by atoms with Gasteiger partial charge in [-0.15, -0.1) is 0 Å². The molecule has 2 heterocycles. The second kappa shape index (κ2) is 9.68. The van der Waals surface area contributed by atoms with Crippen LogP contribution in [0.15, 0.2) is 12.4 Å². The van der Waals surface area contributed by atoms with Gasteiger partial charge in [-0.1, -0.05) is 0 Å². The molecule has 0 saturated carbocycles. The average molecular weight is 319 g/mol. The molecule has 0 unspecified atom stereocenters. The molecule has 7 nitrogen and oxygen atoms in total. The lowest BCUT2D eigenvalue weighted by molar-refractivity contribution is -0.122. The Morgan fingerprint density at radius 2 is 1.87 bits per heavy atom. The Morgan fingerprint density at radius 1 is 1.26 bits per heavy atom. The number of aromatic nitrogens is 4. The van der Waals surface area contributed by atoms with E-state index in [1.165, 1.54) is 11.3 Å². The maximum atomic E-state index is 8.36. The van der Waals surface area contributed by atoms with E-state index in [0.717, 1.165) is 43.0 Å². The van der Waals surface area contributed by atoms with Crippen molar-refractivity contribution in [1.82, 2.24) is 25.1 Å². The molecule has 0 amide bonds. The second-order valence-corrected chi connectivity index (χ2v) is 5.50. The van der Waals surface area contributed by atoms with Gasteiger partial charge in [0.2, 0.25) is 0 Å². The number of hydrogen-bond acceptors (Lipinski definition) is 5. The van der Waals surface area contributed by atoms with Crippen LogP contribution in [0.2, 0.25) is 0 Å². The summed E-state index contributed by atoms with van der Waals surface area (Å²) in [4.78, 5) is 19.1. The zero-order valence-corrected chi connectivity index (χ0v) is 14.2. The van der Waals surface area contributed by atoms with Crippen LogP contribution < -0.4 is 0 Å². The van der Waals surface area contributed by atoms with Gasteiger partial charge < -0.3 is 10.0 Å². The maximum absolute atomic E-state index is 8.36. The van der Waals surface area contributed by atoms with E-state index in [9.17, 15) is 0 Å².